The van der Waals surface area contributed by atoms with E-state index in [0.717, 1.165) is 33.2 Å². The zero-order valence-corrected chi connectivity index (χ0v) is 19.1. The number of nitrogens with zero attached hydrogens (tertiary/aromatic N) is 1. The highest BCUT2D eigenvalue weighted by molar-refractivity contribution is 6.39. The molecule has 0 unspecified atom stereocenters. The summed E-state index contributed by atoms with van der Waals surface area (Å²) >= 11 is 0. The summed E-state index contributed by atoms with van der Waals surface area (Å²) in [7, 11) is 0. The molecule has 6 heteroatoms. The number of imide groups is 2. The first kappa shape index (κ1) is 22.3. The van der Waals surface area contributed by atoms with Crippen LogP contribution in [0.5, 0.6) is 5.75 Å². The summed E-state index contributed by atoms with van der Waals surface area (Å²) in [5.41, 5.74) is 2.74. The topological polar surface area (TPSA) is 75.7 Å². The predicted octanol–water partition coefficient (Wildman–Crippen LogP) is 5.30. The number of hydrogen-bond donors (Lipinski definition) is 1. The smallest absolute Gasteiger partial charge is 0.335 e. The van der Waals surface area contributed by atoms with Gasteiger partial charge in [0.1, 0.15) is 11.3 Å². The highest BCUT2D eigenvalue weighted by Gasteiger charge is 2.37. The van der Waals surface area contributed by atoms with Crippen molar-refractivity contribution in [3.8, 4) is 5.75 Å². The number of rotatable bonds is 5. The van der Waals surface area contributed by atoms with E-state index in [0.29, 0.717) is 17.0 Å². The number of urea groups is 1. The Morgan fingerprint density at radius 3 is 2.39 bits per heavy atom. The Hall–Kier alpha value is -3.93. The monoisotopic (exact) mass is 442 g/mol. The van der Waals surface area contributed by atoms with Gasteiger partial charge in [-0.3, -0.25) is 14.9 Å². The van der Waals surface area contributed by atoms with Crippen molar-refractivity contribution in [1.29, 1.82) is 0 Å². The molecule has 1 atom stereocenters. The van der Waals surface area contributed by atoms with E-state index in [-0.39, 0.29) is 11.7 Å². The van der Waals surface area contributed by atoms with Crippen LogP contribution >= 0.6 is 0 Å². The van der Waals surface area contributed by atoms with Gasteiger partial charge < -0.3 is 4.74 Å². The molecule has 1 N–H and O–H groups in total. The first-order valence-corrected chi connectivity index (χ1v) is 11.0. The van der Waals surface area contributed by atoms with Crippen molar-refractivity contribution in [2.45, 2.75) is 40.2 Å². The number of nitrogens with one attached hydrogen (secondary N) is 1. The molecule has 0 saturated carbocycles. The molecular weight excluding hydrogens is 416 g/mol. The van der Waals surface area contributed by atoms with Crippen molar-refractivity contribution in [2.24, 2.45) is 0 Å². The minimum atomic E-state index is -0.763. The molecule has 1 saturated heterocycles. The van der Waals surface area contributed by atoms with E-state index in [9.17, 15) is 14.4 Å². The standard InChI is InChI=1S/C27H26N2O4/c1-5-18(4)33-24-11-10-19-8-6-7-9-21(19)22(24)15-23-25(30)28-27(32)29(26(23)31)20-13-16(2)12-17(3)14-20/h6-15,18H,5H2,1-4H3,(H,28,30,32)/b23-15+/t18-/m0/s1. The summed E-state index contributed by atoms with van der Waals surface area (Å²) in [4.78, 5) is 39.8. The van der Waals surface area contributed by atoms with Gasteiger partial charge in [0.05, 0.1) is 11.8 Å². The number of barbiturate groups is 1. The van der Waals surface area contributed by atoms with Gasteiger partial charge in [-0.1, -0.05) is 43.3 Å². The molecule has 0 aliphatic carbocycles. The number of benzene rings is 3. The Morgan fingerprint density at radius 1 is 1.00 bits per heavy atom. The van der Waals surface area contributed by atoms with Crippen molar-refractivity contribution in [2.75, 3.05) is 4.90 Å². The number of amides is 4. The number of anilines is 1. The second-order valence-electron chi connectivity index (χ2n) is 8.34. The third-order valence-corrected chi connectivity index (χ3v) is 5.69. The van der Waals surface area contributed by atoms with Crippen LogP contribution < -0.4 is 15.0 Å². The van der Waals surface area contributed by atoms with Gasteiger partial charge in [-0.15, -0.1) is 0 Å². The van der Waals surface area contributed by atoms with E-state index in [4.69, 9.17) is 4.74 Å². The van der Waals surface area contributed by atoms with Crippen LogP contribution in [0, 0.1) is 13.8 Å². The molecule has 0 aromatic heterocycles. The van der Waals surface area contributed by atoms with Crippen molar-refractivity contribution in [1.82, 2.24) is 5.32 Å². The minimum Gasteiger partial charge on any atom is -0.490 e. The summed E-state index contributed by atoms with van der Waals surface area (Å²) < 4.78 is 6.11. The van der Waals surface area contributed by atoms with Crippen molar-refractivity contribution < 1.29 is 19.1 Å². The molecule has 0 spiro atoms. The van der Waals surface area contributed by atoms with E-state index in [1.807, 2.05) is 70.2 Å². The molecule has 1 aliphatic heterocycles. The maximum Gasteiger partial charge on any atom is 0.335 e. The summed E-state index contributed by atoms with van der Waals surface area (Å²) in [6, 6.07) is 16.2. The van der Waals surface area contributed by atoms with Crippen LogP contribution in [0.3, 0.4) is 0 Å². The van der Waals surface area contributed by atoms with Crippen LogP contribution in [0.1, 0.15) is 37.0 Å². The number of carbonyl (C=O) groups is 3. The molecule has 1 fully saturated rings. The van der Waals surface area contributed by atoms with Gasteiger partial charge in [0, 0.05) is 5.56 Å². The van der Waals surface area contributed by atoms with E-state index in [2.05, 4.69) is 5.32 Å². The molecule has 1 heterocycles. The zero-order valence-electron chi connectivity index (χ0n) is 19.1. The molecule has 0 bridgehead atoms. The van der Waals surface area contributed by atoms with Gasteiger partial charge in [0.15, 0.2) is 0 Å². The van der Waals surface area contributed by atoms with E-state index < -0.39 is 17.8 Å². The molecule has 6 nitrogen and oxygen atoms in total. The van der Waals surface area contributed by atoms with Crippen LogP contribution in [-0.4, -0.2) is 23.9 Å². The highest BCUT2D eigenvalue weighted by Crippen LogP contribution is 2.33. The lowest BCUT2D eigenvalue weighted by Gasteiger charge is -2.27. The second kappa shape index (κ2) is 8.90. The average molecular weight is 443 g/mol. The van der Waals surface area contributed by atoms with Gasteiger partial charge >= 0.3 is 6.03 Å². The maximum atomic E-state index is 13.4. The molecule has 3 aromatic carbocycles. The van der Waals surface area contributed by atoms with Crippen molar-refractivity contribution in [3.63, 3.8) is 0 Å². The van der Waals surface area contributed by atoms with E-state index >= 15 is 0 Å². The Bertz CT molecular complexity index is 1290. The third kappa shape index (κ3) is 4.37. The molecular formula is C27H26N2O4. The molecule has 1 aliphatic rings. The Balaban J connectivity index is 1.87. The first-order valence-electron chi connectivity index (χ1n) is 11.0. The van der Waals surface area contributed by atoms with E-state index in [1.165, 1.54) is 6.08 Å². The fourth-order valence-electron chi connectivity index (χ4n) is 3.94. The lowest BCUT2D eigenvalue weighted by molar-refractivity contribution is -0.122. The number of aryl methyl sites for hydroxylation is 2. The second-order valence-corrected chi connectivity index (χ2v) is 8.34. The fourth-order valence-corrected chi connectivity index (χ4v) is 3.94. The van der Waals surface area contributed by atoms with Crippen LogP contribution in [0.25, 0.3) is 16.8 Å². The number of ether oxygens (including phenoxy) is 1. The zero-order chi connectivity index (χ0) is 23.7. The van der Waals surface area contributed by atoms with Crippen LogP contribution in [0.15, 0.2) is 60.2 Å². The lowest BCUT2D eigenvalue weighted by atomic mass is 9.99. The van der Waals surface area contributed by atoms with Crippen molar-refractivity contribution in [3.05, 3.63) is 76.9 Å². The summed E-state index contributed by atoms with van der Waals surface area (Å²) in [5, 5.41) is 4.10. The van der Waals surface area contributed by atoms with Crippen LogP contribution in [0.4, 0.5) is 10.5 Å². The lowest BCUT2D eigenvalue weighted by Crippen LogP contribution is -2.54. The minimum absolute atomic E-state index is 0.0486. The quantitative estimate of drug-likeness (QED) is 0.430. The van der Waals surface area contributed by atoms with Gasteiger partial charge in [-0.2, -0.15) is 0 Å². The van der Waals surface area contributed by atoms with Gasteiger partial charge in [-0.25, -0.2) is 9.69 Å². The Labute approximate surface area is 192 Å². The van der Waals surface area contributed by atoms with Crippen molar-refractivity contribution >= 4 is 40.4 Å². The summed E-state index contributed by atoms with van der Waals surface area (Å²) in [6.45, 7) is 7.76. The SMILES string of the molecule is CC[C@H](C)Oc1ccc2ccccc2c1/C=C1\C(=O)NC(=O)N(c2cc(C)cc(C)c2)C1=O. The normalized spacial score (nSPS) is 16.3. The summed E-state index contributed by atoms with van der Waals surface area (Å²) in [5.74, 6) is -0.824. The third-order valence-electron chi connectivity index (χ3n) is 5.69. The molecule has 0 radical (unpaired) electrons. The maximum absolute atomic E-state index is 13.4. The molecule has 4 amide bonds. The molecule has 33 heavy (non-hydrogen) atoms. The number of fused-ring (bicyclic) bond motifs is 1. The number of carbonyl (C=O) groups excluding carboxylic acids is 3. The van der Waals surface area contributed by atoms with Crippen LogP contribution in [-0.2, 0) is 9.59 Å². The largest absolute Gasteiger partial charge is 0.490 e. The van der Waals surface area contributed by atoms with Crippen LogP contribution in [0.2, 0.25) is 0 Å². The Kier molecular flexibility index (Phi) is 6.01. The highest BCUT2D eigenvalue weighted by atomic mass is 16.5. The Morgan fingerprint density at radius 2 is 1.70 bits per heavy atom. The first-order chi connectivity index (χ1) is 15.8. The van der Waals surface area contributed by atoms with E-state index in [1.54, 1.807) is 12.1 Å². The summed E-state index contributed by atoms with van der Waals surface area (Å²) in [6.07, 6.45) is 2.28. The fraction of sp³-hybridized carbons (Fsp3) is 0.222. The number of hydrogen-bond acceptors (Lipinski definition) is 4. The van der Waals surface area contributed by atoms with Gasteiger partial charge in [0.2, 0.25) is 0 Å². The molecule has 3 aromatic rings. The molecule has 4 rings (SSSR count). The van der Waals surface area contributed by atoms with Gasteiger partial charge in [-0.05, 0) is 73.4 Å². The predicted molar refractivity (Wildman–Crippen MR) is 129 cm³/mol. The van der Waals surface area contributed by atoms with Gasteiger partial charge in [0.25, 0.3) is 11.8 Å². The molecule has 168 valence electrons. The average Bonchev–Trinajstić information content (AvgIpc) is 2.76.